The number of anilines is 1. The molecule has 386 valence electrons. The van der Waals surface area contributed by atoms with Crippen molar-refractivity contribution in [1.29, 1.82) is 0 Å². The molecule has 0 atom stereocenters. The molecule has 0 aliphatic heterocycles. The average Bonchev–Trinajstić information content (AvgIpc) is 3.38. The molecule has 0 fully saturated rings. The van der Waals surface area contributed by atoms with E-state index in [0.717, 1.165) is 21.8 Å². The Kier molecular flexibility index (Phi) is 19.5. The van der Waals surface area contributed by atoms with Gasteiger partial charge in [0.05, 0.1) is 46.7 Å². The highest BCUT2D eigenvalue weighted by molar-refractivity contribution is 9.10. The quantitative estimate of drug-likeness (QED) is 0.0802. The third-order valence-corrected chi connectivity index (χ3v) is 12.2. The number of halogens is 7. The maximum atomic E-state index is 13.3. The van der Waals surface area contributed by atoms with Crippen molar-refractivity contribution in [3.05, 3.63) is 166 Å². The number of nitrogens with one attached hydrogen (secondary N) is 3. The maximum Gasteiger partial charge on any atom is 0.417 e. The standard InChI is InChI=1S/C25H23Cl2N5O3.C18H17BrN4O3.C8H7ClF3N/c1-15(33)28-9-10-32-24-22(31-23(25(32)34)17-4-6-19(35-2)7-5-17)12-18(14-30-24)29-13-16-3-8-20(26)21(27)11-16;1-11(24)20-7-8-23-17-15(9-13(19)10-21-17)22-16(18(23)25)12-3-5-14(26-2)6-4-12;9-7-2-1-5(4-13)3-6(7)8(10,11)12/h3-8,11-12,14,29H,9-10,13H2,1-2H3,(H,28,33);3-6,9-10H,7-8H2,1-2H3,(H,20,24);1-3H,4,13H2. The second kappa shape index (κ2) is 25.7. The lowest BCUT2D eigenvalue weighted by Gasteiger charge is -2.14. The van der Waals surface area contributed by atoms with E-state index in [0.29, 0.717) is 85.9 Å². The Bertz CT molecular complexity index is 3420. The molecule has 0 radical (unpaired) electrons. The lowest BCUT2D eigenvalue weighted by Crippen LogP contribution is -2.31. The summed E-state index contributed by atoms with van der Waals surface area (Å²) >= 11 is 20.9. The van der Waals surface area contributed by atoms with Gasteiger partial charge >= 0.3 is 6.18 Å². The van der Waals surface area contributed by atoms with Gasteiger partial charge in [0.2, 0.25) is 11.8 Å². The molecular weight excluding hydrogens is 1090 g/mol. The van der Waals surface area contributed by atoms with Crippen LogP contribution in [0.1, 0.15) is 30.5 Å². The number of amides is 2. The molecule has 0 bridgehead atoms. The van der Waals surface area contributed by atoms with Crippen molar-refractivity contribution in [2.24, 2.45) is 5.73 Å². The smallest absolute Gasteiger partial charge is 0.417 e. The van der Waals surface area contributed by atoms with Crippen molar-refractivity contribution in [1.82, 2.24) is 39.7 Å². The fourth-order valence-electron chi connectivity index (χ4n) is 7.08. The van der Waals surface area contributed by atoms with Gasteiger partial charge in [-0.2, -0.15) is 13.2 Å². The number of hydrogen-bond acceptors (Lipinski definition) is 12. The predicted molar refractivity (Wildman–Crippen MR) is 285 cm³/mol. The fourth-order valence-corrected chi connectivity index (χ4v) is 7.94. The summed E-state index contributed by atoms with van der Waals surface area (Å²) in [5.41, 5.74) is 9.88. The van der Waals surface area contributed by atoms with Gasteiger partial charge in [-0.05, 0) is 112 Å². The minimum Gasteiger partial charge on any atom is -0.497 e. The topological polar surface area (TPSA) is 210 Å². The number of pyridine rings is 2. The molecule has 0 saturated heterocycles. The Morgan fingerprint density at radius 3 is 1.62 bits per heavy atom. The normalized spacial score (nSPS) is 11.0. The molecule has 16 nitrogen and oxygen atoms in total. The van der Waals surface area contributed by atoms with E-state index in [1.54, 1.807) is 87.3 Å². The minimum atomic E-state index is -4.41. The van der Waals surface area contributed by atoms with E-state index >= 15 is 0 Å². The molecule has 74 heavy (non-hydrogen) atoms. The number of fused-ring (bicyclic) bond motifs is 2. The number of rotatable bonds is 14. The van der Waals surface area contributed by atoms with E-state index in [4.69, 9.17) is 50.0 Å². The molecule has 4 aromatic heterocycles. The van der Waals surface area contributed by atoms with E-state index in [1.165, 1.54) is 35.1 Å². The summed E-state index contributed by atoms with van der Waals surface area (Å²) in [4.78, 5) is 66.8. The van der Waals surface area contributed by atoms with Gasteiger partial charge in [0.15, 0.2) is 11.3 Å². The number of hydrogen-bond donors (Lipinski definition) is 4. The Hall–Kier alpha value is -7.10. The molecule has 8 aromatic rings. The second-order valence-corrected chi connectivity index (χ2v) is 18.1. The largest absolute Gasteiger partial charge is 0.497 e. The zero-order valence-electron chi connectivity index (χ0n) is 40.0. The van der Waals surface area contributed by atoms with Gasteiger partial charge in [-0.15, -0.1) is 0 Å². The first-order chi connectivity index (χ1) is 35.3. The highest BCUT2D eigenvalue weighted by atomic mass is 79.9. The van der Waals surface area contributed by atoms with Gasteiger partial charge in [0.25, 0.3) is 11.1 Å². The number of benzene rings is 4. The van der Waals surface area contributed by atoms with Crippen molar-refractivity contribution < 1.29 is 32.2 Å². The highest BCUT2D eigenvalue weighted by Gasteiger charge is 2.33. The first kappa shape index (κ1) is 56.2. The van der Waals surface area contributed by atoms with Crippen LogP contribution in [0.25, 0.3) is 44.8 Å². The Labute approximate surface area is 445 Å². The molecule has 0 aliphatic rings. The van der Waals surface area contributed by atoms with Crippen LogP contribution in [0.2, 0.25) is 15.1 Å². The number of ether oxygens (including phenoxy) is 2. The van der Waals surface area contributed by atoms with Crippen molar-refractivity contribution in [3.63, 3.8) is 0 Å². The number of methoxy groups -OCH3 is 2. The number of aromatic nitrogens is 6. The molecule has 0 unspecified atom stereocenters. The van der Waals surface area contributed by atoms with E-state index < -0.39 is 11.7 Å². The number of carbonyl (C=O) groups excluding carboxylic acids is 2. The predicted octanol–water partition coefficient (Wildman–Crippen LogP) is 9.71. The van der Waals surface area contributed by atoms with Crippen molar-refractivity contribution in [2.45, 2.75) is 46.2 Å². The van der Waals surface area contributed by atoms with Gasteiger partial charge in [0, 0.05) is 74.9 Å². The van der Waals surface area contributed by atoms with Gasteiger partial charge in [-0.25, -0.2) is 19.9 Å². The van der Waals surface area contributed by atoms with Crippen LogP contribution in [0.15, 0.2) is 124 Å². The van der Waals surface area contributed by atoms with E-state index in [2.05, 4.69) is 51.8 Å². The number of alkyl halides is 3. The Morgan fingerprint density at radius 1 is 0.662 bits per heavy atom. The van der Waals surface area contributed by atoms with E-state index in [9.17, 15) is 32.3 Å². The van der Waals surface area contributed by atoms with Crippen LogP contribution >= 0.6 is 50.7 Å². The number of nitrogens with zero attached hydrogens (tertiary/aromatic N) is 6. The molecule has 4 aromatic carbocycles. The van der Waals surface area contributed by atoms with Crippen LogP contribution in [0, 0.1) is 0 Å². The van der Waals surface area contributed by atoms with E-state index in [1.807, 2.05) is 18.2 Å². The molecular formula is C51H47BrCl3F3N10O6. The number of carbonyl (C=O) groups is 2. The van der Waals surface area contributed by atoms with Crippen LogP contribution in [-0.2, 0) is 41.9 Å². The highest BCUT2D eigenvalue weighted by Crippen LogP contribution is 2.35. The molecule has 0 spiro atoms. The van der Waals surface area contributed by atoms with Gasteiger partial charge in [-0.1, -0.05) is 46.9 Å². The Balaban J connectivity index is 0.000000200. The zero-order chi connectivity index (χ0) is 53.7. The van der Waals surface area contributed by atoms with Crippen LogP contribution in [0.5, 0.6) is 11.5 Å². The number of nitrogens with two attached hydrogens (primary N) is 1. The first-order valence-electron chi connectivity index (χ1n) is 22.3. The molecule has 8 rings (SSSR count). The molecule has 2 amide bonds. The third kappa shape index (κ3) is 14.8. The third-order valence-electron chi connectivity index (χ3n) is 10.7. The van der Waals surface area contributed by atoms with Gasteiger partial charge < -0.3 is 31.2 Å². The summed E-state index contributed by atoms with van der Waals surface area (Å²) in [6.45, 7) is 4.60. The van der Waals surface area contributed by atoms with Crippen LogP contribution in [-0.4, -0.2) is 68.2 Å². The van der Waals surface area contributed by atoms with Crippen molar-refractivity contribution in [2.75, 3.05) is 32.6 Å². The molecule has 23 heteroatoms. The molecule has 0 saturated carbocycles. The maximum absolute atomic E-state index is 13.3. The Morgan fingerprint density at radius 2 is 1.15 bits per heavy atom. The summed E-state index contributed by atoms with van der Waals surface area (Å²) in [5, 5.41) is 9.40. The molecule has 4 heterocycles. The van der Waals surface area contributed by atoms with Crippen LogP contribution in [0.4, 0.5) is 18.9 Å². The second-order valence-electron chi connectivity index (χ2n) is 15.9. The average molecular weight is 1140 g/mol. The lowest BCUT2D eigenvalue weighted by atomic mass is 10.1. The first-order valence-corrected chi connectivity index (χ1v) is 24.2. The van der Waals surface area contributed by atoms with E-state index in [-0.39, 0.29) is 53.3 Å². The van der Waals surface area contributed by atoms with Crippen molar-refractivity contribution in [3.8, 4) is 34.0 Å². The SMILES string of the molecule is COc1ccc(-c2nc3cc(Br)cnc3n(CCNC(C)=O)c2=O)cc1.COc1ccc(-c2nc3cc(NCc4ccc(Cl)c(Cl)c4)cnc3n(CCNC(C)=O)c2=O)cc1.NCc1ccc(Cl)c(C(F)(F)F)c1. The zero-order valence-corrected chi connectivity index (χ0v) is 43.8. The molecule has 5 N–H and O–H groups in total. The minimum absolute atomic E-state index is 0.0697. The monoisotopic (exact) mass is 1140 g/mol. The fraction of sp³-hybridized carbons (Fsp3) is 0.216. The van der Waals surface area contributed by atoms with Gasteiger partial charge in [-0.3, -0.25) is 28.3 Å². The van der Waals surface area contributed by atoms with Crippen LogP contribution < -0.4 is 42.3 Å². The summed E-state index contributed by atoms with van der Waals surface area (Å²) < 4.78 is 50.9. The lowest BCUT2D eigenvalue weighted by molar-refractivity contribution is -0.137. The summed E-state index contributed by atoms with van der Waals surface area (Å²) in [6.07, 6.45) is -1.16. The summed E-state index contributed by atoms with van der Waals surface area (Å²) in [5.74, 6) is 1.05. The van der Waals surface area contributed by atoms with Crippen molar-refractivity contribution >= 4 is 90.6 Å². The summed E-state index contributed by atoms with van der Waals surface area (Å²) in [7, 11) is 3.16. The van der Waals surface area contributed by atoms with Crippen LogP contribution in [0.3, 0.4) is 0 Å². The summed E-state index contributed by atoms with van der Waals surface area (Å²) in [6, 6.07) is 27.0. The van der Waals surface area contributed by atoms with Gasteiger partial charge in [0.1, 0.15) is 33.9 Å². The molecule has 0 aliphatic carbocycles.